The number of alkyl halides is 1. The van der Waals surface area contributed by atoms with Crippen molar-refractivity contribution >= 4 is 29.0 Å². The second-order valence-corrected chi connectivity index (χ2v) is 5.09. The summed E-state index contributed by atoms with van der Waals surface area (Å²) in [5.74, 6) is 0.119. The number of ether oxygens (including phenoxy) is 2. The molecule has 0 spiro atoms. The molecule has 3 rings (SSSR count). The van der Waals surface area contributed by atoms with Crippen LogP contribution < -0.4 is 14.8 Å². The van der Waals surface area contributed by atoms with E-state index in [0.29, 0.717) is 22.7 Å². The molecule has 0 saturated carbocycles. The number of benzene rings is 2. The van der Waals surface area contributed by atoms with E-state index in [2.05, 4.69) is 5.32 Å². The first-order valence-corrected chi connectivity index (χ1v) is 7.02. The number of nitrogens with one attached hydrogen (secondary N) is 1. The highest BCUT2D eigenvalue weighted by molar-refractivity contribution is 6.45. The number of anilines is 1. The van der Waals surface area contributed by atoms with E-state index in [1.807, 2.05) is 0 Å². The van der Waals surface area contributed by atoms with Gasteiger partial charge in [-0.2, -0.15) is 0 Å². The molecule has 0 radical (unpaired) electrons. The van der Waals surface area contributed by atoms with Crippen molar-refractivity contribution in [2.24, 2.45) is 0 Å². The van der Waals surface area contributed by atoms with E-state index < -0.39 is 17.1 Å². The SMILES string of the molecule is O=C(Nc1ccc2c(c1)OCO2)[C@H](Cl)C(=O)c1ccccc1. The van der Waals surface area contributed by atoms with Gasteiger partial charge in [0.1, 0.15) is 0 Å². The molecular formula is C16H12ClNO4. The Morgan fingerprint density at radius 2 is 1.77 bits per heavy atom. The third-order valence-electron chi connectivity index (χ3n) is 3.16. The van der Waals surface area contributed by atoms with Gasteiger partial charge in [-0.15, -0.1) is 11.6 Å². The Labute approximate surface area is 131 Å². The fraction of sp³-hybridized carbons (Fsp3) is 0.125. The van der Waals surface area contributed by atoms with Crippen LogP contribution >= 0.6 is 11.6 Å². The van der Waals surface area contributed by atoms with Gasteiger partial charge in [-0.3, -0.25) is 9.59 Å². The number of rotatable bonds is 4. The second-order valence-electron chi connectivity index (χ2n) is 4.65. The van der Waals surface area contributed by atoms with Gasteiger partial charge >= 0.3 is 0 Å². The quantitative estimate of drug-likeness (QED) is 0.535. The van der Waals surface area contributed by atoms with Gasteiger partial charge in [-0.05, 0) is 12.1 Å². The Kier molecular flexibility index (Phi) is 3.98. The van der Waals surface area contributed by atoms with Crippen LogP contribution in [-0.2, 0) is 4.79 Å². The van der Waals surface area contributed by atoms with Gasteiger partial charge in [0.15, 0.2) is 22.7 Å². The lowest BCUT2D eigenvalue weighted by Gasteiger charge is -2.10. The highest BCUT2D eigenvalue weighted by Crippen LogP contribution is 2.34. The molecule has 1 aliphatic heterocycles. The molecule has 0 fully saturated rings. The van der Waals surface area contributed by atoms with E-state index in [4.69, 9.17) is 21.1 Å². The Hall–Kier alpha value is -2.53. The van der Waals surface area contributed by atoms with Crippen LogP contribution in [0.5, 0.6) is 11.5 Å². The van der Waals surface area contributed by atoms with Crippen molar-refractivity contribution in [3.63, 3.8) is 0 Å². The smallest absolute Gasteiger partial charge is 0.250 e. The van der Waals surface area contributed by atoms with Crippen LogP contribution in [0.25, 0.3) is 0 Å². The first kappa shape index (κ1) is 14.4. The lowest BCUT2D eigenvalue weighted by molar-refractivity contribution is -0.115. The third-order valence-corrected chi connectivity index (χ3v) is 3.56. The predicted octanol–water partition coefficient (Wildman–Crippen LogP) is 2.84. The Balaban J connectivity index is 1.70. The van der Waals surface area contributed by atoms with Gasteiger partial charge in [0.05, 0.1) is 0 Å². The fourth-order valence-electron chi connectivity index (χ4n) is 2.05. The minimum Gasteiger partial charge on any atom is -0.454 e. The van der Waals surface area contributed by atoms with Gasteiger partial charge in [0.2, 0.25) is 12.7 Å². The van der Waals surface area contributed by atoms with Crippen molar-refractivity contribution < 1.29 is 19.1 Å². The third kappa shape index (κ3) is 2.89. The van der Waals surface area contributed by atoms with Crippen LogP contribution in [0.2, 0.25) is 0 Å². The van der Waals surface area contributed by atoms with Crippen LogP contribution in [-0.4, -0.2) is 23.9 Å². The minimum absolute atomic E-state index is 0.150. The fourth-order valence-corrected chi connectivity index (χ4v) is 2.23. The molecule has 0 saturated heterocycles. The number of ketones is 1. The maximum Gasteiger partial charge on any atom is 0.250 e. The number of Topliss-reactive ketones (excluding diaryl/α,β-unsaturated/α-hetero) is 1. The Bertz CT molecular complexity index is 717. The molecule has 0 unspecified atom stereocenters. The summed E-state index contributed by atoms with van der Waals surface area (Å²) in [7, 11) is 0. The van der Waals surface area contributed by atoms with Crippen molar-refractivity contribution in [3.8, 4) is 11.5 Å². The molecule has 1 heterocycles. The second kappa shape index (κ2) is 6.07. The van der Waals surface area contributed by atoms with Crippen molar-refractivity contribution in [1.82, 2.24) is 0 Å². The molecule has 1 N–H and O–H groups in total. The van der Waals surface area contributed by atoms with E-state index in [1.165, 1.54) is 0 Å². The first-order chi connectivity index (χ1) is 10.6. The molecule has 1 amide bonds. The summed E-state index contributed by atoms with van der Waals surface area (Å²) in [5, 5.41) is 1.30. The lowest BCUT2D eigenvalue weighted by atomic mass is 10.1. The van der Waals surface area contributed by atoms with E-state index in [-0.39, 0.29) is 6.79 Å². The molecule has 2 aromatic rings. The van der Waals surface area contributed by atoms with Gasteiger partial charge in [0, 0.05) is 17.3 Å². The highest BCUT2D eigenvalue weighted by atomic mass is 35.5. The van der Waals surface area contributed by atoms with Crippen LogP contribution in [0, 0.1) is 0 Å². The molecule has 0 aliphatic carbocycles. The molecule has 6 heteroatoms. The van der Waals surface area contributed by atoms with Crippen molar-refractivity contribution in [1.29, 1.82) is 0 Å². The van der Waals surface area contributed by atoms with Gasteiger partial charge in [0.25, 0.3) is 0 Å². The molecule has 5 nitrogen and oxygen atoms in total. The molecule has 1 aliphatic rings. The largest absolute Gasteiger partial charge is 0.454 e. The zero-order chi connectivity index (χ0) is 15.5. The van der Waals surface area contributed by atoms with E-state index in [9.17, 15) is 9.59 Å². The molecule has 2 aromatic carbocycles. The monoisotopic (exact) mass is 317 g/mol. The van der Waals surface area contributed by atoms with Crippen LogP contribution in [0.4, 0.5) is 5.69 Å². The number of hydrogen-bond acceptors (Lipinski definition) is 4. The number of carbonyl (C=O) groups is 2. The summed E-state index contributed by atoms with van der Waals surface area (Å²) in [5.41, 5.74) is 0.879. The number of fused-ring (bicyclic) bond motifs is 1. The first-order valence-electron chi connectivity index (χ1n) is 6.59. The topological polar surface area (TPSA) is 64.6 Å². The molecule has 0 bridgehead atoms. The van der Waals surface area contributed by atoms with E-state index >= 15 is 0 Å². The van der Waals surface area contributed by atoms with Gasteiger partial charge in [-0.25, -0.2) is 0 Å². The molecule has 112 valence electrons. The predicted molar refractivity (Wildman–Crippen MR) is 81.6 cm³/mol. The average Bonchev–Trinajstić information content (AvgIpc) is 3.02. The average molecular weight is 318 g/mol. The zero-order valence-electron chi connectivity index (χ0n) is 11.4. The summed E-state index contributed by atoms with van der Waals surface area (Å²) in [6, 6.07) is 13.4. The highest BCUT2D eigenvalue weighted by Gasteiger charge is 2.25. The van der Waals surface area contributed by atoms with Crippen molar-refractivity contribution in [2.75, 3.05) is 12.1 Å². The van der Waals surface area contributed by atoms with Crippen LogP contribution in [0.1, 0.15) is 10.4 Å². The summed E-state index contributed by atoms with van der Waals surface area (Å²) < 4.78 is 10.4. The van der Waals surface area contributed by atoms with Gasteiger partial charge in [-0.1, -0.05) is 30.3 Å². The molecule has 0 aromatic heterocycles. The normalized spacial score (nSPS) is 13.5. The standard InChI is InChI=1S/C16H12ClNO4/c17-14(15(19)10-4-2-1-3-5-10)16(20)18-11-6-7-12-13(8-11)22-9-21-12/h1-8,14H,9H2,(H,18,20)/t14-/m1/s1. The van der Waals surface area contributed by atoms with Crippen LogP contribution in [0.15, 0.2) is 48.5 Å². The summed E-state index contributed by atoms with van der Waals surface area (Å²) in [4.78, 5) is 24.2. The molecular weight excluding hydrogens is 306 g/mol. The lowest BCUT2D eigenvalue weighted by Crippen LogP contribution is -2.30. The van der Waals surface area contributed by atoms with Gasteiger partial charge < -0.3 is 14.8 Å². The Morgan fingerprint density at radius 1 is 1.05 bits per heavy atom. The maximum absolute atomic E-state index is 12.1. The number of amides is 1. The minimum atomic E-state index is -1.30. The van der Waals surface area contributed by atoms with E-state index in [1.54, 1.807) is 48.5 Å². The number of hydrogen-bond donors (Lipinski definition) is 1. The maximum atomic E-state index is 12.1. The summed E-state index contributed by atoms with van der Waals surface area (Å²) in [6.07, 6.45) is 0. The number of carbonyl (C=O) groups excluding carboxylic acids is 2. The summed E-state index contributed by atoms with van der Waals surface area (Å²) in [6.45, 7) is 0.150. The number of halogens is 1. The molecule has 1 atom stereocenters. The Morgan fingerprint density at radius 3 is 2.55 bits per heavy atom. The van der Waals surface area contributed by atoms with Crippen molar-refractivity contribution in [3.05, 3.63) is 54.1 Å². The van der Waals surface area contributed by atoms with E-state index in [0.717, 1.165) is 0 Å². The van der Waals surface area contributed by atoms with Crippen LogP contribution in [0.3, 0.4) is 0 Å². The van der Waals surface area contributed by atoms with Crippen molar-refractivity contribution in [2.45, 2.75) is 5.38 Å². The molecule has 22 heavy (non-hydrogen) atoms. The summed E-state index contributed by atoms with van der Waals surface area (Å²) >= 11 is 5.97. The zero-order valence-corrected chi connectivity index (χ0v) is 12.2.